The molecule has 0 aliphatic heterocycles. The summed E-state index contributed by atoms with van der Waals surface area (Å²) >= 11 is 0. The van der Waals surface area contributed by atoms with Gasteiger partial charge >= 0.3 is 0 Å². The van der Waals surface area contributed by atoms with Gasteiger partial charge in [-0.2, -0.15) is 0 Å². The summed E-state index contributed by atoms with van der Waals surface area (Å²) in [5.74, 6) is 1.89. The van der Waals surface area contributed by atoms with Gasteiger partial charge in [-0.25, -0.2) is 0 Å². The van der Waals surface area contributed by atoms with Crippen LogP contribution in [-0.2, 0) is 4.79 Å². The molecule has 2 heteroatoms. The van der Waals surface area contributed by atoms with Crippen LogP contribution in [0.5, 0.6) is 0 Å². The van der Waals surface area contributed by atoms with Crippen LogP contribution in [0, 0.1) is 17.8 Å². The van der Waals surface area contributed by atoms with Crippen molar-refractivity contribution in [2.24, 2.45) is 23.5 Å². The highest BCUT2D eigenvalue weighted by molar-refractivity contribution is 5.76. The van der Waals surface area contributed by atoms with Crippen LogP contribution >= 0.6 is 0 Å². The van der Waals surface area contributed by atoms with Gasteiger partial charge in [0.25, 0.3) is 0 Å². The normalized spacial score (nSPS) is 40.8. The van der Waals surface area contributed by atoms with Crippen molar-refractivity contribution in [2.45, 2.75) is 38.5 Å². The Kier molecular flexibility index (Phi) is 2.07. The summed E-state index contributed by atoms with van der Waals surface area (Å²) < 4.78 is 0. The van der Waals surface area contributed by atoms with Crippen LogP contribution in [0.25, 0.3) is 0 Å². The van der Waals surface area contributed by atoms with Gasteiger partial charge in [-0.1, -0.05) is 19.3 Å². The average Bonchev–Trinajstić information content (AvgIpc) is 2.49. The molecular weight excluding hydrogens is 150 g/mol. The quantitative estimate of drug-likeness (QED) is 0.634. The van der Waals surface area contributed by atoms with E-state index in [1.54, 1.807) is 0 Å². The van der Waals surface area contributed by atoms with E-state index in [9.17, 15) is 4.79 Å². The second kappa shape index (κ2) is 3.08. The molecule has 0 unspecified atom stereocenters. The Hall–Kier alpha value is -0.530. The maximum atomic E-state index is 11.0. The van der Waals surface area contributed by atoms with Gasteiger partial charge in [0.2, 0.25) is 5.91 Å². The van der Waals surface area contributed by atoms with Gasteiger partial charge in [0, 0.05) is 5.92 Å². The van der Waals surface area contributed by atoms with Crippen molar-refractivity contribution in [1.29, 1.82) is 0 Å². The summed E-state index contributed by atoms with van der Waals surface area (Å²) in [5, 5.41) is 0. The topological polar surface area (TPSA) is 43.1 Å². The Morgan fingerprint density at radius 1 is 1.08 bits per heavy atom. The first-order valence-corrected chi connectivity index (χ1v) is 5.06. The van der Waals surface area contributed by atoms with E-state index in [2.05, 4.69) is 0 Å². The Balaban J connectivity index is 1.96. The Labute approximate surface area is 73.5 Å². The third kappa shape index (κ3) is 1.35. The predicted molar refractivity (Wildman–Crippen MR) is 47.4 cm³/mol. The maximum Gasteiger partial charge on any atom is 0.220 e. The van der Waals surface area contributed by atoms with Gasteiger partial charge in [-0.3, -0.25) is 4.79 Å². The summed E-state index contributed by atoms with van der Waals surface area (Å²) in [4.78, 5) is 11.0. The third-order valence-electron chi connectivity index (χ3n) is 3.69. The second-order valence-corrected chi connectivity index (χ2v) is 4.36. The largest absolute Gasteiger partial charge is 0.369 e. The number of hydrogen-bond donors (Lipinski definition) is 1. The zero-order valence-corrected chi connectivity index (χ0v) is 7.46. The number of rotatable bonds is 1. The molecule has 1 amide bonds. The molecule has 2 aliphatic carbocycles. The van der Waals surface area contributed by atoms with Gasteiger partial charge < -0.3 is 5.73 Å². The van der Waals surface area contributed by atoms with Gasteiger partial charge in [0.15, 0.2) is 0 Å². The molecule has 0 bridgehead atoms. The minimum atomic E-state index is -0.0691. The van der Waals surface area contributed by atoms with Crippen LogP contribution in [0.1, 0.15) is 38.5 Å². The first-order valence-electron chi connectivity index (χ1n) is 5.06. The van der Waals surface area contributed by atoms with Crippen LogP contribution in [0.2, 0.25) is 0 Å². The Bertz CT molecular complexity index is 190. The minimum Gasteiger partial charge on any atom is -0.369 e. The Morgan fingerprint density at radius 3 is 2.58 bits per heavy atom. The maximum absolute atomic E-state index is 11.0. The number of amides is 1. The van der Waals surface area contributed by atoms with E-state index in [0.29, 0.717) is 0 Å². The molecule has 2 N–H and O–H groups in total. The number of fused-ring (bicyclic) bond motifs is 1. The molecule has 2 aliphatic rings. The smallest absolute Gasteiger partial charge is 0.220 e. The first kappa shape index (κ1) is 8.09. The van der Waals surface area contributed by atoms with E-state index in [1.165, 1.54) is 25.7 Å². The highest BCUT2D eigenvalue weighted by Gasteiger charge is 2.35. The van der Waals surface area contributed by atoms with E-state index in [0.717, 1.165) is 24.7 Å². The fourth-order valence-corrected chi connectivity index (χ4v) is 2.96. The van der Waals surface area contributed by atoms with Crippen LogP contribution in [0.4, 0.5) is 0 Å². The zero-order chi connectivity index (χ0) is 8.55. The number of carbonyl (C=O) groups excluding carboxylic acids is 1. The SMILES string of the molecule is NC(=O)[C@@H]1CC[C@@H]2CCC[C@@H]2C1. The summed E-state index contributed by atoms with van der Waals surface area (Å²) in [7, 11) is 0. The average molecular weight is 167 g/mol. The second-order valence-electron chi connectivity index (χ2n) is 4.36. The lowest BCUT2D eigenvalue weighted by Gasteiger charge is -2.29. The fraction of sp³-hybridized carbons (Fsp3) is 0.900. The molecule has 2 fully saturated rings. The Morgan fingerprint density at radius 2 is 1.83 bits per heavy atom. The fourth-order valence-electron chi connectivity index (χ4n) is 2.96. The minimum absolute atomic E-state index is 0.0691. The zero-order valence-electron chi connectivity index (χ0n) is 7.46. The van der Waals surface area contributed by atoms with Crippen molar-refractivity contribution in [3.8, 4) is 0 Å². The van der Waals surface area contributed by atoms with Crippen molar-refractivity contribution in [2.75, 3.05) is 0 Å². The molecule has 0 saturated heterocycles. The lowest BCUT2D eigenvalue weighted by molar-refractivity contribution is -0.123. The van der Waals surface area contributed by atoms with Crippen molar-refractivity contribution >= 4 is 5.91 Å². The molecule has 0 spiro atoms. The number of carbonyl (C=O) groups is 1. The molecule has 2 rings (SSSR count). The highest BCUT2D eigenvalue weighted by atomic mass is 16.1. The molecule has 12 heavy (non-hydrogen) atoms. The monoisotopic (exact) mass is 167 g/mol. The van der Waals surface area contributed by atoms with Crippen molar-refractivity contribution in [3.05, 3.63) is 0 Å². The molecule has 2 nitrogen and oxygen atoms in total. The molecule has 2 saturated carbocycles. The molecule has 0 heterocycles. The predicted octanol–water partition coefficient (Wildman–Crippen LogP) is 1.69. The standard InChI is InChI=1S/C10H17NO/c11-10(12)9-5-4-7-2-1-3-8(7)6-9/h7-9H,1-6H2,(H2,11,12)/t7-,8+,9+/m0/s1. The first-order chi connectivity index (χ1) is 5.77. The third-order valence-corrected chi connectivity index (χ3v) is 3.69. The summed E-state index contributed by atoms with van der Waals surface area (Å²) in [6.45, 7) is 0. The molecular formula is C10H17NO. The molecule has 68 valence electrons. The number of nitrogens with two attached hydrogens (primary N) is 1. The highest BCUT2D eigenvalue weighted by Crippen LogP contribution is 2.43. The van der Waals surface area contributed by atoms with Gasteiger partial charge in [-0.15, -0.1) is 0 Å². The van der Waals surface area contributed by atoms with Crippen molar-refractivity contribution in [3.63, 3.8) is 0 Å². The molecule has 0 aromatic heterocycles. The molecule has 0 aromatic carbocycles. The van der Waals surface area contributed by atoms with Gasteiger partial charge in [0.05, 0.1) is 0 Å². The van der Waals surface area contributed by atoms with Crippen LogP contribution in [-0.4, -0.2) is 5.91 Å². The van der Waals surface area contributed by atoms with Gasteiger partial charge in [-0.05, 0) is 31.1 Å². The molecule has 0 aromatic rings. The number of hydrogen-bond acceptors (Lipinski definition) is 1. The van der Waals surface area contributed by atoms with E-state index >= 15 is 0 Å². The van der Waals surface area contributed by atoms with E-state index in [4.69, 9.17) is 5.73 Å². The lowest BCUT2D eigenvalue weighted by atomic mass is 9.76. The van der Waals surface area contributed by atoms with E-state index in [1.807, 2.05) is 0 Å². The molecule has 3 atom stereocenters. The van der Waals surface area contributed by atoms with Crippen LogP contribution in [0.15, 0.2) is 0 Å². The van der Waals surface area contributed by atoms with Crippen LogP contribution < -0.4 is 5.73 Å². The van der Waals surface area contributed by atoms with Crippen molar-refractivity contribution in [1.82, 2.24) is 0 Å². The molecule has 0 radical (unpaired) electrons. The summed E-state index contributed by atoms with van der Waals surface area (Å²) in [5.41, 5.74) is 5.31. The summed E-state index contributed by atoms with van der Waals surface area (Å²) in [6, 6.07) is 0. The lowest BCUT2D eigenvalue weighted by Crippen LogP contribution is -2.30. The van der Waals surface area contributed by atoms with E-state index < -0.39 is 0 Å². The summed E-state index contributed by atoms with van der Waals surface area (Å²) in [6.07, 6.45) is 7.50. The van der Waals surface area contributed by atoms with Crippen molar-refractivity contribution < 1.29 is 4.79 Å². The van der Waals surface area contributed by atoms with E-state index in [-0.39, 0.29) is 11.8 Å². The number of primary amides is 1. The van der Waals surface area contributed by atoms with Gasteiger partial charge in [0.1, 0.15) is 0 Å². The van der Waals surface area contributed by atoms with Crippen LogP contribution in [0.3, 0.4) is 0 Å².